The van der Waals surface area contributed by atoms with E-state index in [1.54, 1.807) is 0 Å². The van der Waals surface area contributed by atoms with Crippen LogP contribution in [0.1, 0.15) is 46.5 Å². The molecule has 0 bridgehead atoms. The van der Waals surface area contributed by atoms with Crippen molar-refractivity contribution in [1.82, 2.24) is 0 Å². The highest BCUT2D eigenvalue weighted by Crippen LogP contribution is 2.34. The molecular formula is C17H28F4O5S. The molecule has 160 valence electrons. The van der Waals surface area contributed by atoms with Crippen LogP contribution in [0, 0.1) is 11.8 Å². The Balaban J connectivity index is 2.57. The van der Waals surface area contributed by atoms with Gasteiger partial charge in [-0.2, -0.15) is 0 Å². The smallest absolute Gasteiger partial charge is 0.308 e. The van der Waals surface area contributed by atoms with Crippen molar-refractivity contribution in [2.45, 2.75) is 64.4 Å². The summed E-state index contributed by atoms with van der Waals surface area (Å²) >= 11 is 0. The number of sulfone groups is 1. The van der Waals surface area contributed by atoms with Crippen molar-refractivity contribution in [3.8, 4) is 0 Å². The number of alkyl halides is 4. The molecule has 1 rings (SSSR count). The van der Waals surface area contributed by atoms with Gasteiger partial charge in [0.1, 0.15) is 9.84 Å². The van der Waals surface area contributed by atoms with E-state index in [1.165, 1.54) is 13.8 Å². The zero-order valence-corrected chi connectivity index (χ0v) is 16.7. The fourth-order valence-electron chi connectivity index (χ4n) is 2.71. The number of hydrogen-bond donors (Lipinski definition) is 0. The Morgan fingerprint density at radius 1 is 1.15 bits per heavy atom. The van der Waals surface area contributed by atoms with Gasteiger partial charge in [0.2, 0.25) is 0 Å². The lowest BCUT2D eigenvalue weighted by atomic mass is 9.99. The summed E-state index contributed by atoms with van der Waals surface area (Å²) in [5, 5.41) is 0. The summed E-state index contributed by atoms with van der Waals surface area (Å²) in [5.74, 6) is -8.88. The van der Waals surface area contributed by atoms with Gasteiger partial charge in [-0.1, -0.05) is 13.8 Å². The zero-order valence-electron chi connectivity index (χ0n) is 15.9. The maximum absolute atomic E-state index is 14.2. The first-order valence-electron chi connectivity index (χ1n) is 8.96. The highest BCUT2D eigenvalue weighted by molar-refractivity contribution is 7.91. The van der Waals surface area contributed by atoms with Crippen LogP contribution in [0.4, 0.5) is 17.6 Å². The van der Waals surface area contributed by atoms with Crippen LogP contribution in [0.3, 0.4) is 0 Å². The molecule has 1 heterocycles. The molecule has 0 amide bonds. The molecule has 0 radical (unpaired) electrons. The number of carbonyl (C=O) groups excluding carboxylic acids is 1. The predicted octanol–water partition coefficient (Wildman–Crippen LogP) is 3.47. The van der Waals surface area contributed by atoms with Gasteiger partial charge in [0.25, 0.3) is 11.8 Å². The molecule has 27 heavy (non-hydrogen) atoms. The van der Waals surface area contributed by atoms with Crippen molar-refractivity contribution in [3.63, 3.8) is 0 Å². The summed E-state index contributed by atoms with van der Waals surface area (Å²) in [6.07, 6.45) is -2.42. The Morgan fingerprint density at radius 2 is 1.70 bits per heavy atom. The molecule has 0 spiro atoms. The number of esters is 1. The van der Waals surface area contributed by atoms with E-state index in [-0.39, 0.29) is 24.0 Å². The second-order valence-electron chi connectivity index (χ2n) is 7.55. The second kappa shape index (κ2) is 9.54. The minimum Gasteiger partial charge on any atom is -0.453 e. The molecule has 0 aromatic heterocycles. The Hall–Kier alpha value is -0.900. The summed E-state index contributed by atoms with van der Waals surface area (Å²) in [6.45, 7) is 2.62. The molecule has 5 nitrogen and oxygen atoms in total. The molecule has 1 aliphatic rings. The highest BCUT2D eigenvalue weighted by Gasteiger charge is 2.49. The van der Waals surface area contributed by atoms with Crippen LogP contribution in [0.15, 0.2) is 0 Å². The van der Waals surface area contributed by atoms with Gasteiger partial charge in [0.15, 0.2) is 6.10 Å². The third kappa shape index (κ3) is 9.23. The van der Waals surface area contributed by atoms with Gasteiger partial charge < -0.3 is 9.47 Å². The van der Waals surface area contributed by atoms with Crippen LogP contribution in [-0.4, -0.2) is 57.1 Å². The maximum Gasteiger partial charge on any atom is 0.308 e. The van der Waals surface area contributed by atoms with Crippen molar-refractivity contribution in [3.05, 3.63) is 0 Å². The largest absolute Gasteiger partial charge is 0.453 e. The van der Waals surface area contributed by atoms with Crippen molar-refractivity contribution < 1.29 is 40.2 Å². The van der Waals surface area contributed by atoms with Crippen LogP contribution >= 0.6 is 0 Å². The van der Waals surface area contributed by atoms with Crippen LogP contribution < -0.4 is 0 Å². The van der Waals surface area contributed by atoms with Crippen LogP contribution in [0.25, 0.3) is 0 Å². The molecule has 1 fully saturated rings. The summed E-state index contributed by atoms with van der Waals surface area (Å²) < 4.78 is 87.1. The molecule has 1 aliphatic heterocycles. The summed E-state index contributed by atoms with van der Waals surface area (Å²) in [5.41, 5.74) is 0. The third-order valence-electron chi connectivity index (χ3n) is 4.36. The number of halogens is 4. The molecule has 1 unspecified atom stereocenters. The first-order valence-corrected chi connectivity index (χ1v) is 10.8. The molecule has 0 aromatic carbocycles. The van der Waals surface area contributed by atoms with Crippen molar-refractivity contribution in [1.29, 1.82) is 0 Å². The van der Waals surface area contributed by atoms with Gasteiger partial charge in [-0.05, 0) is 32.1 Å². The van der Waals surface area contributed by atoms with Gasteiger partial charge in [-0.15, -0.1) is 0 Å². The van der Waals surface area contributed by atoms with Crippen molar-refractivity contribution >= 4 is 15.8 Å². The van der Waals surface area contributed by atoms with E-state index in [2.05, 4.69) is 0 Å². The number of carbonyl (C=O) groups is 1. The second-order valence-corrected chi connectivity index (χ2v) is 9.85. The highest BCUT2D eigenvalue weighted by atomic mass is 32.2. The molecule has 1 saturated heterocycles. The summed E-state index contributed by atoms with van der Waals surface area (Å²) in [6, 6.07) is 0. The Kier molecular flexibility index (Phi) is 8.53. The van der Waals surface area contributed by atoms with E-state index in [0.29, 0.717) is 26.2 Å². The first-order chi connectivity index (χ1) is 12.2. The average molecular weight is 420 g/mol. The van der Waals surface area contributed by atoms with E-state index in [0.717, 1.165) is 0 Å². The Labute approximate surface area is 157 Å². The lowest BCUT2D eigenvalue weighted by Crippen LogP contribution is -2.44. The quantitative estimate of drug-likeness (QED) is 0.308. The lowest BCUT2D eigenvalue weighted by molar-refractivity contribution is -0.203. The number of hydrogen-bond acceptors (Lipinski definition) is 5. The SMILES string of the molecule is CC(C)C(=O)OC(COCCC1CCS(=O)(=O)CC1)C(F)(F)CC(C)(F)F. The van der Waals surface area contributed by atoms with Crippen LogP contribution in [-0.2, 0) is 24.1 Å². The van der Waals surface area contributed by atoms with Gasteiger partial charge >= 0.3 is 5.97 Å². The van der Waals surface area contributed by atoms with Gasteiger partial charge in [0.05, 0.1) is 30.5 Å². The van der Waals surface area contributed by atoms with E-state index >= 15 is 0 Å². The number of rotatable bonds is 10. The fraction of sp³-hybridized carbons (Fsp3) is 0.941. The monoisotopic (exact) mass is 420 g/mol. The molecule has 0 saturated carbocycles. The molecule has 10 heteroatoms. The minimum atomic E-state index is -3.94. The summed E-state index contributed by atoms with van der Waals surface area (Å²) in [4.78, 5) is 11.7. The number of ether oxygens (including phenoxy) is 2. The van der Waals surface area contributed by atoms with Crippen molar-refractivity contribution in [2.24, 2.45) is 11.8 Å². The first kappa shape index (κ1) is 24.1. The molecule has 0 aromatic rings. The molecule has 0 aliphatic carbocycles. The zero-order chi connectivity index (χ0) is 20.9. The Morgan fingerprint density at radius 3 is 2.19 bits per heavy atom. The van der Waals surface area contributed by atoms with Crippen LogP contribution in [0.2, 0.25) is 0 Å². The predicted molar refractivity (Wildman–Crippen MR) is 91.7 cm³/mol. The van der Waals surface area contributed by atoms with Crippen LogP contribution in [0.5, 0.6) is 0 Å². The fourth-order valence-corrected chi connectivity index (χ4v) is 4.30. The standard InChI is InChI=1S/C17H28F4O5S/c1-12(2)15(22)26-14(17(20,21)11-16(3,18)19)10-25-7-4-13-5-8-27(23,24)9-6-13/h12-14H,4-11H2,1-3H3. The molecule has 0 N–H and O–H groups in total. The van der Waals surface area contributed by atoms with E-state index in [4.69, 9.17) is 9.47 Å². The lowest BCUT2D eigenvalue weighted by Gasteiger charge is -2.29. The van der Waals surface area contributed by atoms with E-state index < -0.39 is 52.7 Å². The van der Waals surface area contributed by atoms with Gasteiger partial charge in [-0.25, -0.2) is 26.0 Å². The normalized spacial score (nSPS) is 19.9. The topological polar surface area (TPSA) is 69.7 Å². The molecular weight excluding hydrogens is 392 g/mol. The third-order valence-corrected chi connectivity index (χ3v) is 6.08. The van der Waals surface area contributed by atoms with Crippen molar-refractivity contribution in [2.75, 3.05) is 24.7 Å². The van der Waals surface area contributed by atoms with E-state index in [9.17, 15) is 30.8 Å². The van der Waals surface area contributed by atoms with Gasteiger partial charge in [-0.3, -0.25) is 4.79 Å². The minimum absolute atomic E-state index is 0.0546. The Bertz CT molecular complexity index is 573. The van der Waals surface area contributed by atoms with E-state index in [1.807, 2.05) is 0 Å². The van der Waals surface area contributed by atoms with Gasteiger partial charge in [0, 0.05) is 6.61 Å². The molecule has 1 atom stereocenters. The maximum atomic E-state index is 14.2. The average Bonchev–Trinajstić information content (AvgIpc) is 2.48. The summed E-state index contributed by atoms with van der Waals surface area (Å²) in [7, 11) is -2.99.